The Morgan fingerprint density at radius 3 is 1.22 bits per heavy atom. The number of benzene rings is 9. The van der Waals surface area contributed by atoms with E-state index in [1.54, 1.807) is 0 Å². The lowest BCUT2D eigenvalue weighted by Crippen LogP contribution is -2.70. The highest BCUT2D eigenvalue weighted by Crippen LogP contribution is 2.54. The molecule has 0 aliphatic carbocycles. The third-order valence-electron chi connectivity index (χ3n) is 18.2. The van der Waals surface area contributed by atoms with E-state index in [-0.39, 0.29) is 72.0 Å². The van der Waals surface area contributed by atoms with Crippen molar-refractivity contribution in [2.24, 2.45) is 0 Å². The average molecular weight is 1420 g/mol. The zero-order valence-corrected chi connectivity index (χ0v) is 58.5. The molecule has 9 aromatic rings. The predicted molar refractivity (Wildman–Crippen MR) is 381 cm³/mol. The highest BCUT2D eigenvalue weighted by atomic mass is 31.2. The molecular weight excluding hydrogens is 1330 g/mol. The molecule has 103 heavy (non-hydrogen) atoms. The quantitative estimate of drug-likeness (QED) is 0.0381. The van der Waals surface area contributed by atoms with Gasteiger partial charge in [0.05, 0.1) is 72.2 Å². The Bertz CT molecular complexity index is 3940. The molecule has 1 N–H and O–H groups in total. The lowest BCUT2D eigenvalue weighted by molar-refractivity contribution is -0.394. The van der Waals surface area contributed by atoms with Crippen LogP contribution >= 0.6 is 7.82 Å². The van der Waals surface area contributed by atoms with Crippen LogP contribution in [0.15, 0.2) is 273 Å². The second-order valence-electron chi connectivity index (χ2n) is 25.8. The van der Waals surface area contributed by atoms with Crippen LogP contribution in [-0.4, -0.2) is 111 Å². The van der Waals surface area contributed by atoms with Gasteiger partial charge < -0.3 is 66.9 Å². The van der Waals surface area contributed by atoms with E-state index in [2.05, 4.69) is 5.32 Å². The van der Waals surface area contributed by atoms with Crippen LogP contribution in [0.2, 0.25) is 0 Å². The Morgan fingerprint density at radius 1 is 0.398 bits per heavy atom. The van der Waals surface area contributed by atoms with E-state index < -0.39 is 106 Å². The van der Waals surface area contributed by atoms with Crippen LogP contribution in [0.5, 0.6) is 0 Å². The van der Waals surface area contributed by atoms with Crippen molar-refractivity contribution in [2.75, 3.05) is 13.2 Å². The van der Waals surface area contributed by atoms with Crippen LogP contribution in [0, 0.1) is 0 Å². The molecule has 0 bridgehead atoms. The first-order valence-electron chi connectivity index (χ1n) is 35.0. The van der Waals surface area contributed by atoms with Crippen molar-refractivity contribution in [1.82, 2.24) is 5.32 Å². The molecule has 1 unspecified atom stereocenters. The summed E-state index contributed by atoms with van der Waals surface area (Å²) in [6, 6.07) is 85.7. The normalized spacial score (nSPS) is 26.4. The van der Waals surface area contributed by atoms with Gasteiger partial charge in [-0.05, 0) is 51.4 Å². The fraction of sp³-hybridized carbons (Fsp3) is 0.337. The molecule has 4 aliphatic rings. The van der Waals surface area contributed by atoms with E-state index in [1.807, 2.05) is 280 Å². The van der Waals surface area contributed by atoms with Gasteiger partial charge in [-0.15, -0.1) is 0 Å². The summed E-state index contributed by atoms with van der Waals surface area (Å²) in [7, 11) is -4.72. The van der Waals surface area contributed by atoms with Gasteiger partial charge in [-0.3, -0.25) is 18.4 Å². The van der Waals surface area contributed by atoms with Gasteiger partial charge in [0, 0.05) is 12.5 Å². The number of hydrogen-bond donors (Lipinski definition) is 1. The smallest absolute Gasteiger partial charge is 0.374 e. The summed E-state index contributed by atoms with van der Waals surface area (Å²) in [5, 5.41) is 3.18. The molecule has 0 radical (unpaired) electrons. The van der Waals surface area contributed by atoms with E-state index in [4.69, 9.17) is 75.2 Å². The van der Waals surface area contributed by atoms with Crippen LogP contribution in [0.25, 0.3) is 0 Å². The zero-order chi connectivity index (χ0) is 70.4. The van der Waals surface area contributed by atoms with Crippen molar-refractivity contribution >= 4 is 13.7 Å². The predicted octanol–water partition coefficient (Wildman–Crippen LogP) is 14.3. The Kier molecular flexibility index (Phi) is 26.5. The Morgan fingerprint density at radius 2 is 0.777 bits per heavy atom. The van der Waals surface area contributed by atoms with Crippen LogP contribution in [0.1, 0.15) is 70.2 Å². The van der Waals surface area contributed by atoms with Crippen LogP contribution in [0.4, 0.5) is 0 Å². The van der Waals surface area contributed by atoms with Gasteiger partial charge in [-0.25, -0.2) is 4.57 Å². The minimum absolute atomic E-state index is 0.0113. The molecule has 4 aliphatic heterocycles. The number of carbonyl (C=O) groups excluding carboxylic acids is 1. The summed E-state index contributed by atoms with van der Waals surface area (Å²) in [6.07, 6.45) is -16.6. The molecule has 4 heterocycles. The van der Waals surface area contributed by atoms with Crippen molar-refractivity contribution in [1.29, 1.82) is 0 Å². The summed E-state index contributed by atoms with van der Waals surface area (Å²) >= 11 is 0. The largest absolute Gasteiger partial charge is 0.477 e. The number of rotatable bonds is 33. The number of phosphoric ester groups is 1. The highest BCUT2D eigenvalue weighted by molar-refractivity contribution is 7.48. The number of phosphoric acid groups is 1. The minimum atomic E-state index is -4.72. The monoisotopic (exact) mass is 1420 g/mol. The van der Waals surface area contributed by atoms with Crippen LogP contribution in [0.3, 0.4) is 0 Å². The van der Waals surface area contributed by atoms with Gasteiger partial charge in [-0.2, -0.15) is 0 Å². The van der Waals surface area contributed by atoms with Crippen molar-refractivity contribution in [3.8, 4) is 0 Å². The molecule has 4 fully saturated rings. The molecular formula is C83H88NO18P. The van der Waals surface area contributed by atoms with Gasteiger partial charge in [0.15, 0.2) is 25.2 Å². The summed E-state index contributed by atoms with van der Waals surface area (Å²) in [6.45, 7) is 3.45. The lowest BCUT2D eigenvalue weighted by atomic mass is 9.93. The van der Waals surface area contributed by atoms with Gasteiger partial charge in [0.25, 0.3) is 0 Å². The average Bonchev–Trinajstić information content (AvgIpc) is 0.761. The summed E-state index contributed by atoms with van der Waals surface area (Å²) in [4.78, 5) is 13.9. The molecule has 20 heteroatoms. The lowest BCUT2D eigenvalue weighted by Gasteiger charge is -2.52. The van der Waals surface area contributed by atoms with E-state index in [1.165, 1.54) is 6.92 Å². The summed E-state index contributed by atoms with van der Waals surface area (Å²) in [5.74, 6) is -0.381. The molecule has 4 saturated heterocycles. The fourth-order valence-corrected chi connectivity index (χ4v) is 14.3. The highest BCUT2D eigenvalue weighted by Gasteiger charge is 2.58. The molecule has 16 atom stereocenters. The Hall–Kier alpha value is -7.96. The summed E-state index contributed by atoms with van der Waals surface area (Å²) in [5.41, 5.74) is 7.37. The van der Waals surface area contributed by atoms with Crippen LogP contribution in [-0.2, 0) is 137 Å². The van der Waals surface area contributed by atoms with Gasteiger partial charge in [0.2, 0.25) is 5.91 Å². The number of carbonyl (C=O) groups is 1. The van der Waals surface area contributed by atoms with Crippen molar-refractivity contribution in [3.63, 3.8) is 0 Å². The van der Waals surface area contributed by atoms with Gasteiger partial charge >= 0.3 is 7.82 Å². The number of hydrogen-bond acceptors (Lipinski definition) is 18. The maximum Gasteiger partial charge on any atom is 0.477 e. The first-order valence-corrected chi connectivity index (χ1v) is 36.5. The number of ether oxygens (including phenoxy) is 13. The molecule has 0 aromatic heterocycles. The number of fused-ring (bicyclic) bond motifs is 1. The van der Waals surface area contributed by atoms with E-state index in [0.717, 1.165) is 38.9 Å². The topological polar surface area (TPSA) is 194 Å². The van der Waals surface area contributed by atoms with Gasteiger partial charge in [-0.1, -0.05) is 273 Å². The maximum atomic E-state index is 15.9. The second kappa shape index (κ2) is 37.1. The Balaban J connectivity index is 0.927. The minimum Gasteiger partial charge on any atom is -0.374 e. The molecule has 1 amide bonds. The molecule has 13 rings (SSSR count). The number of nitrogens with one attached hydrogen (secondary N) is 1. The summed E-state index contributed by atoms with van der Waals surface area (Å²) < 4.78 is 128. The van der Waals surface area contributed by atoms with E-state index in [0.29, 0.717) is 11.1 Å². The molecule has 9 aromatic carbocycles. The van der Waals surface area contributed by atoms with E-state index in [9.17, 15) is 4.79 Å². The van der Waals surface area contributed by atoms with Crippen molar-refractivity contribution < 1.29 is 84.5 Å². The fourth-order valence-electron chi connectivity index (χ4n) is 13.0. The third kappa shape index (κ3) is 20.5. The maximum absolute atomic E-state index is 15.9. The second-order valence-corrected chi connectivity index (χ2v) is 27.4. The molecule has 19 nitrogen and oxygen atoms in total. The van der Waals surface area contributed by atoms with Crippen molar-refractivity contribution in [3.05, 3.63) is 323 Å². The van der Waals surface area contributed by atoms with Crippen molar-refractivity contribution in [2.45, 2.75) is 165 Å². The third-order valence-corrected chi connectivity index (χ3v) is 19.6. The van der Waals surface area contributed by atoms with Gasteiger partial charge in [0.1, 0.15) is 67.1 Å². The Labute approximate surface area is 602 Å². The molecule has 0 saturated carbocycles. The number of amides is 1. The standard InChI is InChI=1S/C83H88NO18P/c1-58-72(88-49-61-32-14-4-15-33-61)76(90-51-63-36-18-6-19-37-63)79(83(96-58)102-103(86,94-54-66-42-24-9-25-43-66)95-55-67-44-26-10-27-45-67)101-82-78(92-53-65-40-22-8-23-41-65)77(91-52-64-38-20-7-21-39-64)74(69(98-82)56-87-48-60-30-12-3-13-31-60)100-81-71(84-59(2)85)75(89-50-62-34-16-5-17-35-62)73-70(97-81)57-93-80(99-73)68-46-28-11-29-47-68/h3-47,58,69-83H,48-57H2,1-2H3,(H,84,85)/t58-,69+,70+,71-,72-,73+,74+,75+,76+,77-,78+,79+,80?,81-,82+,83-/m0/s1. The molecule has 538 valence electrons. The first kappa shape index (κ1) is 73.4. The SMILES string of the molecule is CC(=O)N[C@@H]1[C@H](O[C@H]2[C@H](OCc3ccccc3)[C@@H](OCc3ccccc3)[C@@H](O[C@H]3[C@H](OP(=O)(OCc4ccccc4)OCc4ccccc4)O[C@@H](C)[C@H](OCc4ccccc4)[C@H]3OCc3ccccc3)O[C@@H]2COCc2ccccc2)O[C@@H]2COC(c3ccccc3)O[C@H]2[C@@H]1OCc1ccccc1. The van der Waals surface area contributed by atoms with Crippen LogP contribution < -0.4 is 5.32 Å². The van der Waals surface area contributed by atoms with E-state index >= 15 is 4.57 Å². The molecule has 0 spiro atoms. The first-order chi connectivity index (χ1) is 50.6. The zero-order valence-electron chi connectivity index (χ0n) is 57.6.